The zero-order chi connectivity index (χ0) is 15.6. The summed E-state index contributed by atoms with van der Waals surface area (Å²) < 4.78 is 0. The molecule has 2 amide bonds. The predicted octanol–water partition coefficient (Wildman–Crippen LogP) is 1.51. The molecule has 2 unspecified atom stereocenters. The van der Waals surface area contributed by atoms with Crippen molar-refractivity contribution in [3.05, 3.63) is 0 Å². The van der Waals surface area contributed by atoms with Gasteiger partial charge >= 0.3 is 12.0 Å². The molecule has 1 aliphatic heterocycles. The Balaban J connectivity index is 2.01. The molecule has 1 aliphatic carbocycles. The summed E-state index contributed by atoms with van der Waals surface area (Å²) in [6.07, 6.45) is 3.54. The van der Waals surface area contributed by atoms with E-state index in [0.717, 1.165) is 25.7 Å². The van der Waals surface area contributed by atoms with Gasteiger partial charge < -0.3 is 15.3 Å². The number of rotatable bonds is 3. The fourth-order valence-electron chi connectivity index (χ4n) is 3.56. The fraction of sp³-hybridized carbons (Fsp3) is 0.867. The van der Waals surface area contributed by atoms with Gasteiger partial charge in [0.25, 0.3) is 0 Å². The van der Waals surface area contributed by atoms with E-state index < -0.39 is 11.5 Å². The Hall–Kier alpha value is -1.30. The molecule has 0 spiro atoms. The number of likely N-dealkylation sites (N-methyl/N-ethyl adjacent to an activating group) is 1. The maximum absolute atomic E-state index is 12.5. The number of piperazine rings is 1. The van der Waals surface area contributed by atoms with Gasteiger partial charge in [-0.2, -0.15) is 0 Å². The highest BCUT2D eigenvalue weighted by Gasteiger charge is 2.39. The first-order valence-corrected chi connectivity index (χ1v) is 7.84. The third kappa shape index (κ3) is 3.67. The number of carbonyl (C=O) groups is 2. The van der Waals surface area contributed by atoms with Crippen molar-refractivity contribution in [1.29, 1.82) is 0 Å². The minimum absolute atomic E-state index is 0.0254. The van der Waals surface area contributed by atoms with Crippen molar-refractivity contribution in [3.8, 4) is 0 Å². The van der Waals surface area contributed by atoms with Crippen LogP contribution in [0.4, 0.5) is 4.79 Å². The Morgan fingerprint density at radius 2 is 1.71 bits per heavy atom. The molecule has 2 N–H and O–H groups in total. The van der Waals surface area contributed by atoms with Crippen LogP contribution in [-0.4, -0.2) is 64.7 Å². The fourth-order valence-corrected chi connectivity index (χ4v) is 3.56. The first-order valence-electron chi connectivity index (χ1n) is 7.84. The second kappa shape index (κ2) is 6.22. The Morgan fingerprint density at radius 3 is 2.19 bits per heavy atom. The molecule has 2 fully saturated rings. The van der Waals surface area contributed by atoms with Gasteiger partial charge in [0, 0.05) is 25.2 Å². The Morgan fingerprint density at radius 1 is 1.19 bits per heavy atom. The molecule has 21 heavy (non-hydrogen) atoms. The third-order valence-electron chi connectivity index (χ3n) is 5.07. The zero-order valence-electron chi connectivity index (χ0n) is 13.3. The number of carboxylic acid groups (broad SMARTS) is 1. The number of hydrogen-bond donors (Lipinski definition) is 2. The van der Waals surface area contributed by atoms with E-state index in [1.165, 1.54) is 0 Å². The van der Waals surface area contributed by atoms with E-state index in [4.69, 9.17) is 5.11 Å². The van der Waals surface area contributed by atoms with Gasteiger partial charge in [0.05, 0.1) is 12.0 Å². The monoisotopic (exact) mass is 297 g/mol. The Labute approximate surface area is 126 Å². The maximum Gasteiger partial charge on any atom is 0.317 e. The summed E-state index contributed by atoms with van der Waals surface area (Å²) in [5.74, 6) is -0.836. The second-order valence-electron chi connectivity index (χ2n) is 6.76. The molecule has 6 heteroatoms. The van der Waals surface area contributed by atoms with E-state index in [9.17, 15) is 9.59 Å². The largest absolute Gasteiger partial charge is 0.481 e. The van der Waals surface area contributed by atoms with Crippen LogP contribution in [0.15, 0.2) is 0 Å². The van der Waals surface area contributed by atoms with Crippen LogP contribution in [0.1, 0.15) is 46.0 Å². The van der Waals surface area contributed by atoms with Crippen LogP contribution in [0.3, 0.4) is 0 Å². The summed E-state index contributed by atoms with van der Waals surface area (Å²) in [5.41, 5.74) is -0.543. The van der Waals surface area contributed by atoms with Gasteiger partial charge in [0.15, 0.2) is 0 Å². The van der Waals surface area contributed by atoms with Gasteiger partial charge in [-0.05, 0) is 33.7 Å². The van der Waals surface area contributed by atoms with E-state index in [0.29, 0.717) is 25.2 Å². The summed E-state index contributed by atoms with van der Waals surface area (Å²) in [4.78, 5) is 27.7. The summed E-state index contributed by atoms with van der Waals surface area (Å²) in [5, 5.41) is 12.1. The molecule has 2 aliphatic rings. The second-order valence-corrected chi connectivity index (χ2v) is 6.76. The van der Waals surface area contributed by atoms with Crippen LogP contribution < -0.4 is 5.32 Å². The Kier molecular flexibility index (Phi) is 4.76. The molecule has 0 aromatic carbocycles. The van der Waals surface area contributed by atoms with Crippen LogP contribution in [0.25, 0.3) is 0 Å². The van der Waals surface area contributed by atoms with E-state index in [1.54, 1.807) is 0 Å². The van der Waals surface area contributed by atoms with E-state index in [2.05, 4.69) is 31.1 Å². The molecule has 0 aromatic rings. The minimum Gasteiger partial charge on any atom is -0.481 e. The number of hydrogen-bond acceptors (Lipinski definition) is 3. The number of urea groups is 1. The molecule has 0 aromatic heterocycles. The molecule has 1 saturated heterocycles. The van der Waals surface area contributed by atoms with Gasteiger partial charge in [-0.1, -0.05) is 12.8 Å². The number of carboxylic acids is 1. The third-order valence-corrected chi connectivity index (χ3v) is 5.07. The van der Waals surface area contributed by atoms with Gasteiger partial charge in [-0.25, -0.2) is 4.79 Å². The van der Waals surface area contributed by atoms with Gasteiger partial charge in [-0.3, -0.25) is 9.69 Å². The molecule has 2 rings (SSSR count). The topological polar surface area (TPSA) is 72.9 Å². The smallest absolute Gasteiger partial charge is 0.317 e. The highest BCUT2D eigenvalue weighted by molar-refractivity contribution is 5.77. The molecule has 0 radical (unpaired) electrons. The van der Waals surface area contributed by atoms with E-state index >= 15 is 0 Å². The van der Waals surface area contributed by atoms with Crippen molar-refractivity contribution in [3.63, 3.8) is 0 Å². The van der Waals surface area contributed by atoms with Crippen LogP contribution in [0, 0.1) is 0 Å². The molecule has 0 bridgehead atoms. The lowest BCUT2D eigenvalue weighted by Gasteiger charge is -2.43. The summed E-state index contributed by atoms with van der Waals surface area (Å²) >= 11 is 0. The Bertz CT molecular complexity index is 395. The van der Waals surface area contributed by atoms with Crippen molar-refractivity contribution in [2.24, 2.45) is 0 Å². The lowest BCUT2D eigenvalue weighted by molar-refractivity contribution is -0.138. The van der Waals surface area contributed by atoms with E-state index in [-0.39, 0.29) is 12.5 Å². The number of nitrogens with zero attached hydrogens (tertiary/aromatic N) is 2. The normalized spacial score (nSPS) is 29.4. The molecule has 1 heterocycles. The highest BCUT2D eigenvalue weighted by atomic mass is 16.4. The van der Waals surface area contributed by atoms with Crippen LogP contribution >= 0.6 is 0 Å². The lowest BCUT2D eigenvalue weighted by Crippen LogP contribution is -2.61. The van der Waals surface area contributed by atoms with Gasteiger partial charge in [-0.15, -0.1) is 0 Å². The number of amides is 2. The van der Waals surface area contributed by atoms with E-state index in [1.807, 2.05) is 4.90 Å². The molecule has 2 atom stereocenters. The predicted molar refractivity (Wildman–Crippen MR) is 80.2 cm³/mol. The molecule has 120 valence electrons. The van der Waals surface area contributed by atoms with Gasteiger partial charge in [0.1, 0.15) is 0 Å². The zero-order valence-corrected chi connectivity index (χ0v) is 13.3. The summed E-state index contributed by atoms with van der Waals surface area (Å²) in [6.45, 7) is 5.60. The molecular formula is C15H27N3O3. The molecule has 1 saturated carbocycles. The number of aliphatic carboxylic acids is 1. The first kappa shape index (κ1) is 16.1. The summed E-state index contributed by atoms with van der Waals surface area (Å²) in [6, 6.07) is 0.530. The quantitative estimate of drug-likeness (QED) is 0.828. The van der Waals surface area contributed by atoms with Crippen molar-refractivity contribution in [2.45, 2.75) is 63.6 Å². The van der Waals surface area contributed by atoms with Crippen molar-refractivity contribution < 1.29 is 14.7 Å². The highest BCUT2D eigenvalue weighted by Crippen LogP contribution is 2.33. The van der Waals surface area contributed by atoms with Crippen molar-refractivity contribution in [2.75, 3.05) is 20.1 Å². The number of nitrogens with one attached hydrogen (secondary N) is 1. The van der Waals surface area contributed by atoms with Crippen molar-refractivity contribution >= 4 is 12.0 Å². The van der Waals surface area contributed by atoms with Crippen LogP contribution in [0.5, 0.6) is 0 Å². The molecule has 6 nitrogen and oxygen atoms in total. The van der Waals surface area contributed by atoms with Gasteiger partial charge in [0.2, 0.25) is 0 Å². The van der Waals surface area contributed by atoms with Crippen LogP contribution in [-0.2, 0) is 4.79 Å². The first-order chi connectivity index (χ1) is 9.83. The summed E-state index contributed by atoms with van der Waals surface area (Å²) in [7, 11) is 2.08. The standard InChI is InChI=1S/C15H27N3O3/c1-11-9-18(10-12(2)17(11)3)14(21)16-15(8-13(19)20)6-4-5-7-15/h11-12H,4-10H2,1-3H3,(H,16,21)(H,19,20). The lowest BCUT2D eigenvalue weighted by atomic mass is 9.93. The average Bonchev–Trinajstić information content (AvgIpc) is 2.82. The number of carbonyl (C=O) groups excluding carboxylic acids is 1. The minimum atomic E-state index is -0.836. The molecular weight excluding hydrogens is 270 g/mol. The maximum atomic E-state index is 12.5. The van der Waals surface area contributed by atoms with Crippen LogP contribution in [0.2, 0.25) is 0 Å². The van der Waals surface area contributed by atoms with Crippen molar-refractivity contribution in [1.82, 2.24) is 15.1 Å². The average molecular weight is 297 g/mol. The SMILES string of the molecule is CC1CN(C(=O)NC2(CC(=O)O)CCCC2)CC(C)N1C.